The number of sulfonamides is 1. The van der Waals surface area contributed by atoms with E-state index in [1.165, 1.54) is 24.6 Å². The van der Waals surface area contributed by atoms with E-state index in [4.69, 9.17) is 11.6 Å². The Kier molecular flexibility index (Phi) is 6.21. The Balaban J connectivity index is 1.47. The third kappa shape index (κ3) is 4.70. The van der Waals surface area contributed by atoms with Crippen molar-refractivity contribution in [2.24, 2.45) is 0 Å². The van der Waals surface area contributed by atoms with Crippen molar-refractivity contribution in [3.8, 4) is 0 Å². The quantitative estimate of drug-likeness (QED) is 0.563. The lowest BCUT2D eigenvalue weighted by atomic mass is 10.2. The van der Waals surface area contributed by atoms with Gasteiger partial charge < -0.3 is 9.88 Å². The van der Waals surface area contributed by atoms with Crippen molar-refractivity contribution in [3.63, 3.8) is 0 Å². The van der Waals surface area contributed by atoms with Crippen molar-refractivity contribution in [1.82, 2.24) is 14.2 Å². The van der Waals surface area contributed by atoms with Crippen LogP contribution in [0.15, 0.2) is 52.9 Å². The van der Waals surface area contributed by atoms with Crippen molar-refractivity contribution in [2.75, 3.05) is 20.1 Å². The van der Waals surface area contributed by atoms with Gasteiger partial charge in [-0.25, -0.2) is 8.42 Å². The first kappa shape index (κ1) is 19.9. The molecule has 9 heteroatoms. The van der Waals surface area contributed by atoms with E-state index in [0.29, 0.717) is 10.9 Å². The maximum atomic E-state index is 12.4. The molecule has 0 saturated heterocycles. The molecule has 0 fully saturated rings. The second kappa shape index (κ2) is 8.43. The molecule has 0 spiro atoms. The molecule has 1 N–H and O–H groups in total. The number of aryl methyl sites for hydroxylation is 1. The summed E-state index contributed by atoms with van der Waals surface area (Å²) in [6.45, 7) is 1.02. The van der Waals surface area contributed by atoms with Crippen LogP contribution in [-0.4, -0.2) is 43.3 Å². The van der Waals surface area contributed by atoms with Gasteiger partial charge in [-0.1, -0.05) is 29.8 Å². The van der Waals surface area contributed by atoms with Crippen LogP contribution in [0.25, 0.3) is 10.9 Å². The average molecular weight is 426 g/mol. The van der Waals surface area contributed by atoms with Gasteiger partial charge in [0.2, 0.25) is 5.91 Å². The molecule has 144 valence electrons. The first-order valence-corrected chi connectivity index (χ1v) is 11.0. The van der Waals surface area contributed by atoms with Gasteiger partial charge in [-0.2, -0.15) is 4.31 Å². The van der Waals surface area contributed by atoms with Crippen LogP contribution in [0, 0.1) is 0 Å². The normalized spacial score (nSPS) is 12.0. The fraction of sp³-hybridized carbons (Fsp3) is 0.278. The Bertz CT molecular complexity index is 1040. The monoisotopic (exact) mass is 425 g/mol. The van der Waals surface area contributed by atoms with Gasteiger partial charge in [-0.15, -0.1) is 11.3 Å². The highest BCUT2D eigenvalue weighted by Gasteiger charge is 2.24. The van der Waals surface area contributed by atoms with Gasteiger partial charge in [0.05, 0.1) is 10.9 Å². The minimum Gasteiger partial charge on any atom is -0.355 e. The Morgan fingerprint density at radius 1 is 1.22 bits per heavy atom. The molecule has 0 bridgehead atoms. The summed E-state index contributed by atoms with van der Waals surface area (Å²) in [5.74, 6) is -0.332. The number of amides is 1. The molecular formula is C18H20ClN3O3S2. The minimum absolute atomic E-state index is 0.127. The second-order valence-electron chi connectivity index (χ2n) is 6.09. The molecule has 6 nitrogen and oxygen atoms in total. The summed E-state index contributed by atoms with van der Waals surface area (Å²) in [6, 6.07) is 13.1. The van der Waals surface area contributed by atoms with E-state index in [1.54, 1.807) is 0 Å². The number of likely N-dealkylation sites (N-methyl/N-ethyl adjacent to an activating group) is 1. The summed E-state index contributed by atoms with van der Waals surface area (Å²) in [4.78, 5) is 12.1. The molecule has 0 atom stereocenters. The van der Waals surface area contributed by atoms with E-state index in [2.05, 4.69) is 28.1 Å². The third-order valence-corrected chi connectivity index (χ3v) is 7.66. The maximum absolute atomic E-state index is 12.4. The Morgan fingerprint density at radius 2 is 2.00 bits per heavy atom. The topological polar surface area (TPSA) is 71.4 Å². The van der Waals surface area contributed by atoms with Crippen molar-refractivity contribution < 1.29 is 13.2 Å². The van der Waals surface area contributed by atoms with E-state index in [-0.39, 0.29) is 16.7 Å². The first-order valence-electron chi connectivity index (χ1n) is 8.40. The second-order valence-corrected chi connectivity index (χ2v) is 10.1. The molecule has 3 rings (SSSR count). The van der Waals surface area contributed by atoms with Gasteiger partial charge in [0.25, 0.3) is 10.0 Å². The number of nitrogens with one attached hydrogen (secondary N) is 1. The molecule has 2 heterocycles. The summed E-state index contributed by atoms with van der Waals surface area (Å²) >= 11 is 6.77. The highest BCUT2D eigenvalue weighted by molar-refractivity contribution is 7.91. The number of benzene rings is 1. The zero-order valence-electron chi connectivity index (χ0n) is 14.8. The van der Waals surface area contributed by atoms with Crippen LogP contribution in [0.3, 0.4) is 0 Å². The van der Waals surface area contributed by atoms with E-state index in [0.717, 1.165) is 34.1 Å². The predicted octanol–water partition coefficient (Wildman–Crippen LogP) is 3.18. The van der Waals surface area contributed by atoms with Crippen LogP contribution in [0.5, 0.6) is 0 Å². The molecule has 0 aliphatic heterocycles. The number of hydrogen-bond acceptors (Lipinski definition) is 4. The zero-order chi connectivity index (χ0) is 19.4. The number of aromatic nitrogens is 1. The standard InChI is InChI=1S/C18H20ClN3O3S2/c1-21(27(24,25)18-8-7-16(19)26-18)13-17(23)20-10-4-11-22-12-9-14-5-2-3-6-15(14)22/h2-3,5-9,12H,4,10-11,13H2,1H3,(H,20,23). The number of nitrogens with zero attached hydrogens (tertiary/aromatic N) is 2. The fourth-order valence-electron chi connectivity index (χ4n) is 2.75. The van der Waals surface area contributed by atoms with Crippen LogP contribution in [-0.2, 0) is 21.4 Å². The first-order chi connectivity index (χ1) is 12.9. The molecule has 0 aliphatic carbocycles. The molecule has 0 radical (unpaired) electrons. The third-order valence-electron chi connectivity index (χ3n) is 4.16. The SMILES string of the molecule is CN(CC(=O)NCCCn1ccc2ccccc21)S(=O)(=O)c1ccc(Cl)s1. The number of fused-ring (bicyclic) bond motifs is 1. The van der Waals surface area contributed by atoms with E-state index < -0.39 is 10.0 Å². The number of carbonyl (C=O) groups excluding carboxylic acids is 1. The van der Waals surface area contributed by atoms with Crippen LogP contribution < -0.4 is 5.32 Å². The maximum Gasteiger partial charge on any atom is 0.252 e. The van der Waals surface area contributed by atoms with Gasteiger partial charge in [-0.05, 0) is 36.1 Å². The smallest absolute Gasteiger partial charge is 0.252 e. The molecule has 0 saturated carbocycles. The lowest BCUT2D eigenvalue weighted by molar-refractivity contribution is -0.121. The van der Waals surface area contributed by atoms with Crippen LogP contribution >= 0.6 is 22.9 Å². The molecular weight excluding hydrogens is 406 g/mol. The summed E-state index contributed by atoms with van der Waals surface area (Å²) in [5.41, 5.74) is 1.16. The van der Waals surface area contributed by atoms with Crippen molar-refractivity contribution in [3.05, 3.63) is 53.0 Å². The number of rotatable bonds is 8. The fourth-order valence-corrected chi connectivity index (χ4v) is 5.57. The Hall–Kier alpha value is -1.87. The highest BCUT2D eigenvalue weighted by Crippen LogP contribution is 2.27. The number of carbonyl (C=O) groups is 1. The van der Waals surface area contributed by atoms with Crippen molar-refractivity contribution in [2.45, 2.75) is 17.2 Å². The minimum atomic E-state index is -3.70. The van der Waals surface area contributed by atoms with Gasteiger partial charge in [0, 0.05) is 31.9 Å². The Labute approximate surface area is 167 Å². The van der Waals surface area contributed by atoms with Crippen LogP contribution in [0.2, 0.25) is 4.34 Å². The lowest BCUT2D eigenvalue weighted by Crippen LogP contribution is -2.38. The largest absolute Gasteiger partial charge is 0.355 e. The summed E-state index contributed by atoms with van der Waals surface area (Å²) in [6.07, 6.45) is 2.78. The van der Waals surface area contributed by atoms with Crippen molar-refractivity contribution in [1.29, 1.82) is 0 Å². The van der Waals surface area contributed by atoms with Gasteiger partial charge in [0.15, 0.2) is 0 Å². The van der Waals surface area contributed by atoms with Gasteiger partial charge >= 0.3 is 0 Å². The molecule has 27 heavy (non-hydrogen) atoms. The number of halogens is 1. The van der Waals surface area contributed by atoms with Gasteiger partial charge in [0.1, 0.15) is 4.21 Å². The molecule has 1 aromatic carbocycles. The predicted molar refractivity (Wildman–Crippen MR) is 109 cm³/mol. The summed E-state index contributed by atoms with van der Waals surface area (Å²) in [7, 11) is -2.32. The number of thiophene rings is 1. The number of para-hydroxylation sites is 1. The molecule has 3 aromatic rings. The Morgan fingerprint density at radius 3 is 2.74 bits per heavy atom. The zero-order valence-corrected chi connectivity index (χ0v) is 17.1. The number of hydrogen-bond donors (Lipinski definition) is 1. The highest BCUT2D eigenvalue weighted by atomic mass is 35.5. The molecule has 1 amide bonds. The van der Waals surface area contributed by atoms with Crippen molar-refractivity contribution >= 4 is 49.8 Å². The van der Waals surface area contributed by atoms with Crippen LogP contribution in [0.1, 0.15) is 6.42 Å². The lowest BCUT2D eigenvalue weighted by Gasteiger charge is -2.15. The molecule has 0 aliphatic rings. The van der Waals surface area contributed by atoms with E-state index >= 15 is 0 Å². The molecule has 2 aromatic heterocycles. The molecule has 0 unspecified atom stereocenters. The van der Waals surface area contributed by atoms with E-state index in [9.17, 15) is 13.2 Å². The van der Waals surface area contributed by atoms with Gasteiger partial charge in [-0.3, -0.25) is 4.79 Å². The summed E-state index contributed by atoms with van der Waals surface area (Å²) < 4.78 is 28.5. The van der Waals surface area contributed by atoms with E-state index in [1.807, 2.05) is 18.3 Å². The van der Waals surface area contributed by atoms with Crippen LogP contribution in [0.4, 0.5) is 0 Å². The average Bonchev–Trinajstić information content (AvgIpc) is 3.25. The summed E-state index contributed by atoms with van der Waals surface area (Å²) in [5, 5.41) is 3.95.